The maximum atomic E-state index is 12.2. The fraction of sp³-hybridized carbons (Fsp3) is 0.308. The van der Waals surface area contributed by atoms with E-state index in [0.29, 0.717) is 23.7 Å². The van der Waals surface area contributed by atoms with Gasteiger partial charge in [0.15, 0.2) is 11.5 Å². The Morgan fingerprint density at radius 3 is 2.83 bits per heavy atom. The molecule has 0 saturated carbocycles. The van der Waals surface area contributed by atoms with Crippen LogP contribution in [-0.4, -0.2) is 31.0 Å². The van der Waals surface area contributed by atoms with E-state index in [1.807, 2.05) is 6.92 Å². The number of rotatable bonds is 7. The standard InChI is InChI=1S/C13H15FO4/c1-2-17-11-5-3-4-10(6-7-12(15)16)13(11)18-9-8-14/h3-7H,2,8-9H2,1H3,(H,15,16)/b7-6+. The van der Waals surface area contributed by atoms with Crippen molar-refractivity contribution in [1.82, 2.24) is 0 Å². The van der Waals surface area contributed by atoms with E-state index in [4.69, 9.17) is 14.6 Å². The molecule has 18 heavy (non-hydrogen) atoms. The summed E-state index contributed by atoms with van der Waals surface area (Å²) in [6.45, 7) is 1.54. The molecule has 1 aromatic carbocycles. The summed E-state index contributed by atoms with van der Waals surface area (Å²) in [5.74, 6) is -0.235. The van der Waals surface area contributed by atoms with Crippen molar-refractivity contribution >= 4 is 12.0 Å². The molecule has 1 rings (SSSR count). The van der Waals surface area contributed by atoms with Gasteiger partial charge in [0.2, 0.25) is 0 Å². The van der Waals surface area contributed by atoms with Gasteiger partial charge in [-0.2, -0.15) is 0 Å². The van der Waals surface area contributed by atoms with Gasteiger partial charge in [0.05, 0.1) is 6.61 Å². The van der Waals surface area contributed by atoms with Crippen molar-refractivity contribution in [2.45, 2.75) is 6.92 Å². The number of aliphatic carboxylic acids is 1. The van der Waals surface area contributed by atoms with Crippen LogP contribution in [-0.2, 0) is 4.79 Å². The number of carboxylic acids is 1. The van der Waals surface area contributed by atoms with E-state index in [9.17, 15) is 9.18 Å². The van der Waals surface area contributed by atoms with Crippen molar-refractivity contribution in [3.05, 3.63) is 29.8 Å². The van der Waals surface area contributed by atoms with E-state index in [1.54, 1.807) is 18.2 Å². The summed E-state index contributed by atoms with van der Waals surface area (Å²) in [7, 11) is 0. The van der Waals surface area contributed by atoms with Crippen LogP contribution >= 0.6 is 0 Å². The van der Waals surface area contributed by atoms with Crippen LogP contribution in [0.25, 0.3) is 6.08 Å². The zero-order valence-corrected chi connectivity index (χ0v) is 10.1. The molecule has 0 bridgehead atoms. The first kappa shape index (κ1) is 14.0. The second-order valence-electron chi connectivity index (χ2n) is 3.32. The number of carbonyl (C=O) groups is 1. The Morgan fingerprint density at radius 2 is 2.22 bits per heavy atom. The van der Waals surface area contributed by atoms with Crippen molar-refractivity contribution in [2.75, 3.05) is 19.9 Å². The Hall–Kier alpha value is -2.04. The van der Waals surface area contributed by atoms with E-state index in [0.717, 1.165) is 6.08 Å². The maximum Gasteiger partial charge on any atom is 0.328 e. The van der Waals surface area contributed by atoms with Crippen molar-refractivity contribution < 1.29 is 23.8 Å². The third-order valence-corrected chi connectivity index (χ3v) is 2.04. The largest absolute Gasteiger partial charge is 0.490 e. The first-order valence-corrected chi connectivity index (χ1v) is 5.54. The summed E-state index contributed by atoms with van der Waals surface area (Å²) in [4.78, 5) is 10.5. The molecule has 0 saturated heterocycles. The molecule has 0 fully saturated rings. The third-order valence-electron chi connectivity index (χ3n) is 2.04. The number of hydrogen-bond donors (Lipinski definition) is 1. The van der Waals surface area contributed by atoms with Gasteiger partial charge in [0.1, 0.15) is 13.3 Å². The van der Waals surface area contributed by atoms with Crippen molar-refractivity contribution in [3.8, 4) is 11.5 Å². The van der Waals surface area contributed by atoms with Crippen LogP contribution in [0.1, 0.15) is 12.5 Å². The summed E-state index contributed by atoms with van der Waals surface area (Å²) >= 11 is 0. The summed E-state index contributed by atoms with van der Waals surface area (Å²) in [5, 5.41) is 8.60. The third kappa shape index (κ3) is 4.08. The van der Waals surface area contributed by atoms with Gasteiger partial charge in [-0.05, 0) is 19.1 Å². The Labute approximate surface area is 105 Å². The number of halogens is 1. The molecule has 0 unspecified atom stereocenters. The molecule has 0 amide bonds. The molecule has 0 aliphatic rings. The van der Waals surface area contributed by atoms with Gasteiger partial charge in [0, 0.05) is 11.6 Å². The van der Waals surface area contributed by atoms with Gasteiger partial charge >= 0.3 is 5.97 Å². The first-order valence-electron chi connectivity index (χ1n) is 5.54. The predicted molar refractivity (Wildman–Crippen MR) is 65.8 cm³/mol. The fourth-order valence-corrected chi connectivity index (χ4v) is 1.39. The average Bonchev–Trinajstić information content (AvgIpc) is 2.35. The number of hydrogen-bond acceptors (Lipinski definition) is 3. The lowest BCUT2D eigenvalue weighted by molar-refractivity contribution is -0.131. The molecule has 5 heteroatoms. The van der Waals surface area contributed by atoms with E-state index < -0.39 is 12.6 Å². The van der Waals surface area contributed by atoms with Gasteiger partial charge in [-0.25, -0.2) is 9.18 Å². The highest BCUT2D eigenvalue weighted by atomic mass is 19.1. The number of ether oxygens (including phenoxy) is 2. The zero-order valence-electron chi connectivity index (χ0n) is 10.1. The molecule has 0 heterocycles. The SMILES string of the molecule is CCOc1cccc(/C=C/C(=O)O)c1OCCF. The van der Waals surface area contributed by atoms with E-state index in [-0.39, 0.29) is 6.61 Å². The average molecular weight is 254 g/mol. The van der Waals surface area contributed by atoms with Crippen LogP contribution in [0.5, 0.6) is 11.5 Å². The number of benzene rings is 1. The lowest BCUT2D eigenvalue weighted by atomic mass is 10.1. The summed E-state index contributed by atoms with van der Waals surface area (Å²) in [6, 6.07) is 5.08. The molecular formula is C13H15FO4. The van der Waals surface area contributed by atoms with Crippen LogP contribution in [0.3, 0.4) is 0 Å². The fourth-order valence-electron chi connectivity index (χ4n) is 1.39. The van der Waals surface area contributed by atoms with Crippen LogP contribution < -0.4 is 9.47 Å². The number of alkyl halides is 1. The molecule has 0 aliphatic heterocycles. The van der Waals surface area contributed by atoms with Crippen molar-refractivity contribution in [2.24, 2.45) is 0 Å². The summed E-state index contributed by atoms with van der Waals surface area (Å²) in [5.41, 5.74) is 0.539. The van der Waals surface area contributed by atoms with Crippen molar-refractivity contribution in [3.63, 3.8) is 0 Å². The maximum absolute atomic E-state index is 12.2. The first-order chi connectivity index (χ1) is 8.69. The molecular weight excluding hydrogens is 239 g/mol. The van der Waals surface area contributed by atoms with Crippen LogP contribution in [0.4, 0.5) is 4.39 Å². The minimum absolute atomic E-state index is 0.0992. The lowest BCUT2D eigenvalue weighted by Crippen LogP contribution is -2.03. The number of para-hydroxylation sites is 1. The second kappa shape index (κ2) is 7.32. The monoisotopic (exact) mass is 254 g/mol. The van der Waals surface area contributed by atoms with Crippen molar-refractivity contribution in [1.29, 1.82) is 0 Å². The number of carboxylic acid groups (broad SMARTS) is 1. The minimum atomic E-state index is -1.06. The summed E-state index contributed by atoms with van der Waals surface area (Å²) in [6.07, 6.45) is 2.38. The lowest BCUT2D eigenvalue weighted by Gasteiger charge is -2.13. The normalized spacial score (nSPS) is 10.6. The molecule has 4 nitrogen and oxygen atoms in total. The topological polar surface area (TPSA) is 55.8 Å². The van der Waals surface area contributed by atoms with Gasteiger partial charge in [-0.1, -0.05) is 12.1 Å². The van der Waals surface area contributed by atoms with Crippen LogP contribution in [0.15, 0.2) is 24.3 Å². The Morgan fingerprint density at radius 1 is 1.44 bits per heavy atom. The zero-order chi connectivity index (χ0) is 13.4. The molecule has 0 aromatic heterocycles. The minimum Gasteiger partial charge on any atom is -0.490 e. The van der Waals surface area contributed by atoms with Gasteiger partial charge in [0.25, 0.3) is 0 Å². The smallest absolute Gasteiger partial charge is 0.328 e. The van der Waals surface area contributed by atoms with Crippen LogP contribution in [0, 0.1) is 0 Å². The highest BCUT2D eigenvalue weighted by molar-refractivity contribution is 5.86. The molecule has 0 atom stereocenters. The Bertz CT molecular complexity index is 429. The van der Waals surface area contributed by atoms with Gasteiger partial charge in [-0.15, -0.1) is 0 Å². The van der Waals surface area contributed by atoms with E-state index in [1.165, 1.54) is 6.08 Å². The molecule has 0 spiro atoms. The quantitative estimate of drug-likeness (QED) is 0.760. The Balaban J connectivity index is 3.05. The molecule has 1 N–H and O–H groups in total. The molecule has 98 valence electrons. The summed E-state index contributed by atoms with van der Waals surface area (Å²) < 4.78 is 22.8. The highest BCUT2D eigenvalue weighted by Crippen LogP contribution is 2.32. The molecule has 1 aromatic rings. The van der Waals surface area contributed by atoms with Gasteiger partial charge in [-0.3, -0.25) is 0 Å². The predicted octanol–water partition coefficient (Wildman–Crippen LogP) is 2.53. The highest BCUT2D eigenvalue weighted by Gasteiger charge is 2.09. The second-order valence-corrected chi connectivity index (χ2v) is 3.32. The Kier molecular flexibility index (Phi) is 5.70. The van der Waals surface area contributed by atoms with Crippen LogP contribution in [0.2, 0.25) is 0 Å². The van der Waals surface area contributed by atoms with Gasteiger partial charge < -0.3 is 14.6 Å². The molecule has 0 radical (unpaired) electrons. The van der Waals surface area contributed by atoms with E-state index in [2.05, 4.69) is 0 Å². The van der Waals surface area contributed by atoms with E-state index >= 15 is 0 Å². The molecule has 0 aliphatic carbocycles.